The molecule has 0 spiro atoms. The van der Waals surface area contributed by atoms with Crippen LogP contribution in [0.2, 0.25) is 0 Å². The van der Waals surface area contributed by atoms with E-state index in [0.717, 1.165) is 22.2 Å². The molecule has 2 N–H and O–H groups in total. The van der Waals surface area contributed by atoms with Gasteiger partial charge in [-0.2, -0.15) is 0 Å². The van der Waals surface area contributed by atoms with Crippen LogP contribution in [0.1, 0.15) is 10.4 Å². The third-order valence-corrected chi connectivity index (χ3v) is 3.79. The van der Waals surface area contributed by atoms with E-state index < -0.39 is 0 Å². The predicted octanol–water partition coefficient (Wildman–Crippen LogP) is 3.88. The first-order valence-corrected chi connectivity index (χ1v) is 7.54. The van der Waals surface area contributed by atoms with E-state index in [1.54, 1.807) is 30.9 Å². The molecule has 2 heterocycles. The van der Waals surface area contributed by atoms with Gasteiger partial charge in [-0.3, -0.25) is 9.78 Å². The number of pyridine rings is 1. The molecule has 0 unspecified atom stereocenters. The summed E-state index contributed by atoms with van der Waals surface area (Å²) in [6, 6.07) is 17.2. The number of nitrogens with one attached hydrogen (secondary N) is 2. The topological polar surface area (TPSA) is 70.7 Å². The molecule has 4 aromatic rings. The van der Waals surface area contributed by atoms with Crippen LogP contribution in [0.4, 0.5) is 5.69 Å². The smallest absolute Gasteiger partial charge is 0.255 e. The van der Waals surface area contributed by atoms with Crippen molar-refractivity contribution in [1.29, 1.82) is 0 Å². The molecule has 0 bridgehead atoms. The summed E-state index contributed by atoms with van der Waals surface area (Å²) in [5.74, 6) is -0.182. The van der Waals surface area contributed by atoms with Gasteiger partial charge >= 0.3 is 0 Å². The highest BCUT2D eigenvalue weighted by Gasteiger charge is 2.09. The van der Waals surface area contributed by atoms with Crippen LogP contribution in [-0.2, 0) is 0 Å². The zero-order chi connectivity index (χ0) is 16.4. The molecule has 0 radical (unpaired) electrons. The maximum Gasteiger partial charge on any atom is 0.255 e. The number of rotatable bonds is 3. The number of hydrogen-bond acceptors (Lipinski definition) is 3. The Morgan fingerprint density at radius 1 is 0.958 bits per heavy atom. The molecule has 24 heavy (non-hydrogen) atoms. The fraction of sp³-hybridized carbons (Fsp3) is 0. The molecule has 0 saturated heterocycles. The van der Waals surface area contributed by atoms with Crippen molar-refractivity contribution in [1.82, 2.24) is 15.0 Å². The molecule has 0 aliphatic carbocycles. The van der Waals surface area contributed by atoms with Crippen molar-refractivity contribution in [3.8, 4) is 11.1 Å². The van der Waals surface area contributed by atoms with Crippen LogP contribution in [0.5, 0.6) is 0 Å². The SMILES string of the molecule is O=C(Nc1cncc(-c2ccccc2)c1)c1ccc2nc[nH]c2c1. The number of amides is 1. The van der Waals surface area contributed by atoms with Crippen LogP contribution < -0.4 is 5.32 Å². The number of aromatic nitrogens is 3. The van der Waals surface area contributed by atoms with E-state index in [9.17, 15) is 4.79 Å². The van der Waals surface area contributed by atoms with E-state index in [1.165, 1.54) is 0 Å². The molecule has 116 valence electrons. The number of carbonyl (C=O) groups excluding carboxylic acids is 1. The second kappa shape index (κ2) is 5.96. The van der Waals surface area contributed by atoms with E-state index in [0.29, 0.717) is 11.3 Å². The molecule has 0 atom stereocenters. The lowest BCUT2D eigenvalue weighted by molar-refractivity contribution is 0.102. The number of nitrogens with zero attached hydrogens (tertiary/aromatic N) is 2. The first-order chi connectivity index (χ1) is 11.8. The molecule has 0 aliphatic heterocycles. The largest absolute Gasteiger partial charge is 0.345 e. The Bertz CT molecular complexity index is 1010. The van der Waals surface area contributed by atoms with Crippen LogP contribution in [0.25, 0.3) is 22.2 Å². The maximum absolute atomic E-state index is 12.5. The highest BCUT2D eigenvalue weighted by atomic mass is 16.1. The number of benzene rings is 2. The predicted molar refractivity (Wildman–Crippen MR) is 93.7 cm³/mol. The summed E-state index contributed by atoms with van der Waals surface area (Å²) in [6.07, 6.45) is 5.03. The third-order valence-electron chi connectivity index (χ3n) is 3.79. The average Bonchev–Trinajstić information content (AvgIpc) is 3.10. The molecule has 5 heteroatoms. The second-order valence-electron chi connectivity index (χ2n) is 5.42. The number of anilines is 1. The highest BCUT2D eigenvalue weighted by Crippen LogP contribution is 2.21. The van der Waals surface area contributed by atoms with Crippen molar-refractivity contribution in [3.05, 3.63) is 78.9 Å². The van der Waals surface area contributed by atoms with Gasteiger partial charge in [0.2, 0.25) is 0 Å². The Hall–Kier alpha value is -3.47. The van der Waals surface area contributed by atoms with Gasteiger partial charge in [0.15, 0.2) is 0 Å². The molecule has 5 nitrogen and oxygen atoms in total. The Kier molecular flexibility index (Phi) is 3.51. The van der Waals surface area contributed by atoms with Crippen molar-refractivity contribution >= 4 is 22.6 Å². The minimum atomic E-state index is -0.182. The van der Waals surface area contributed by atoms with Gasteiger partial charge in [0.1, 0.15) is 0 Å². The molecule has 2 aromatic heterocycles. The lowest BCUT2D eigenvalue weighted by Gasteiger charge is -2.07. The Morgan fingerprint density at radius 2 is 1.83 bits per heavy atom. The summed E-state index contributed by atoms with van der Waals surface area (Å²) >= 11 is 0. The summed E-state index contributed by atoms with van der Waals surface area (Å²) in [6.45, 7) is 0. The summed E-state index contributed by atoms with van der Waals surface area (Å²) in [5, 5.41) is 2.89. The fourth-order valence-corrected chi connectivity index (χ4v) is 2.58. The summed E-state index contributed by atoms with van der Waals surface area (Å²) in [5.41, 5.74) is 4.90. The van der Waals surface area contributed by atoms with Gasteiger partial charge in [-0.05, 0) is 29.8 Å². The fourth-order valence-electron chi connectivity index (χ4n) is 2.58. The second-order valence-corrected chi connectivity index (χ2v) is 5.42. The van der Waals surface area contributed by atoms with Gasteiger partial charge in [-0.25, -0.2) is 4.98 Å². The van der Waals surface area contributed by atoms with Crippen molar-refractivity contribution < 1.29 is 4.79 Å². The number of fused-ring (bicyclic) bond motifs is 1. The van der Waals surface area contributed by atoms with Crippen LogP contribution in [0, 0.1) is 0 Å². The minimum absolute atomic E-state index is 0.182. The lowest BCUT2D eigenvalue weighted by atomic mass is 10.1. The van der Waals surface area contributed by atoms with E-state index in [1.807, 2.05) is 42.5 Å². The van der Waals surface area contributed by atoms with E-state index in [2.05, 4.69) is 20.3 Å². The molecule has 0 aliphatic rings. The van der Waals surface area contributed by atoms with E-state index in [4.69, 9.17) is 0 Å². The van der Waals surface area contributed by atoms with Crippen molar-refractivity contribution in [2.75, 3.05) is 5.32 Å². The molecular formula is C19H14N4O. The Morgan fingerprint density at radius 3 is 2.71 bits per heavy atom. The van der Waals surface area contributed by atoms with Gasteiger partial charge in [0.25, 0.3) is 5.91 Å². The maximum atomic E-state index is 12.5. The molecule has 0 fully saturated rings. The molecule has 4 rings (SSSR count). The molecule has 2 aromatic carbocycles. The molecular weight excluding hydrogens is 300 g/mol. The van der Waals surface area contributed by atoms with Crippen LogP contribution >= 0.6 is 0 Å². The van der Waals surface area contributed by atoms with Crippen LogP contribution in [-0.4, -0.2) is 20.9 Å². The molecule has 1 amide bonds. The Labute approximate surface area is 138 Å². The highest BCUT2D eigenvalue weighted by molar-refractivity contribution is 6.06. The number of carbonyl (C=O) groups is 1. The third kappa shape index (κ3) is 2.75. The average molecular weight is 314 g/mol. The van der Waals surface area contributed by atoms with Crippen LogP contribution in [0.3, 0.4) is 0 Å². The van der Waals surface area contributed by atoms with Crippen molar-refractivity contribution in [3.63, 3.8) is 0 Å². The van der Waals surface area contributed by atoms with Crippen molar-refractivity contribution in [2.24, 2.45) is 0 Å². The minimum Gasteiger partial charge on any atom is -0.345 e. The van der Waals surface area contributed by atoms with E-state index in [-0.39, 0.29) is 5.91 Å². The van der Waals surface area contributed by atoms with Gasteiger partial charge in [0, 0.05) is 17.3 Å². The number of H-pyrrole nitrogens is 1. The number of hydrogen-bond donors (Lipinski definition) is 2. The van der Waals surface area contributed by atoms with Gasteiger partial charge in [-0.1, -0.05) is 30.3 Å². The monoisotopic (exact) mass is 314 g/mol. The number of aromatic amines is 1. The normalized spacial score (nSPS) is 10.7. The quantitative estimate of drug-likeness (QED) is 0.603. The molecule has 0 saturated carbocycles. The van der Waals surface area contributed by atoms with Gasteiger partial charge in [0.05, 0.1) is 29.2 Å². The Balaban J connectivity index is 1.59. The zero-order valence-corrected chi connectivity index (χ0v) is 12.7. The summed E-state index contributed by atoms with van der Waals surface area (Å²) < 4.78 is 0. The summed E-state index contributed by atoms with van der Waals surface area (Å²) in [7, 11) is 0. The van der Waals surface area contributed by atoms with Gasteiger partial charge in [-0.15, -0.1) is 0 Å². The van der Waals surface area contributed by atoms with Crippen molar-refractivity contribution in [2.45, 2.75) is 0 Å². The van der Waals surface area contributed by atoms with E-state index >= 15 is 0 Å². The zero-order valence-electron chi connectivity index (χ0n) is 12.7. The first-order valence-electron chi connectivity index (χ1n) is 7.54. The van der Waals surface area contributed by atoms with Gasteiger partial charge < -0.3 is 10.3 Å². The lowest BCUT2D eigenvalue weighted by Crippen LogP contribution is -2.12. The number of imidazole rings is 1. The standard InChI is InChI=1S/C19H14N4O/c24-19(14-6-7-17-18(9-14)22-12-21-17)23-16-8-15(10-20-11-16)13-4-2-1-3-5-13/h1-12H,(H,21,22)(H,23,24). The van der Waals surface area contributed by atoms with Crippen LogP contribution in [0.15, 0.2) is 73.3 Å². The summed E-state index contributed by atoms with van der Waals surface area (Å²) in [4.78, 5) is 23.8. The first kappa shape index (κ1) is 14.1.